The monoisotopic (exact) mass is 245 g/mol. The lowest BCUT2D eigenvalue weighted by molar-refractivity contribution is 0.591. The van der Waals surface area contributed by atoms with Crippen molar-refractivity contribution in [2.75, 3.05) is 6.54 Å². The summed E-state index contributed by atoms with van der Waals surface area (Å²) < 4.78 is 2.23. The zero-order valence-corrected chi connectivity index (χ0v) is 11.8. The Bertz CT molecular complexity index is 547. The van der Waals surface area contributed by atoms with Gasteiger partial charge >= 0.3 is 0 Å². The summed E-state index contributed by atoms with van der Waals surface area (Å²) in [4.78, 5) is 4.73. The zero-order chi connectivity index (χ0) is 13.3. The Hall–Kier alpha value is -1.35. The fourth-order valence-corrected chi connectivity index (χ4v) is 2.41. The summed E-state index contributed by atoms with van der Waals surface area (Å²) in [5, 5.41) is 0. The molecule has 3 heteroatoms. The SMILES string of the molecule is Cn1c(CCCN)nc2cccc(C(C)(C)C)c21. The molecule has 1 heterocycles. The van der Waals surface area contributed by atoms with Gasteiger partial charge in [0.15, 0.2) is 0 Å². The van der Waals surface area contributed by atoms with Crippen molar-refractivity contribution in [1.29, 1.82) is 0 Å². The summed E-state index contributed by atoms with van der Waals surface area (Å²) >= 11 is 0. The third-order valence-electron chi connectivity index (χ3n) is 3.40. The number of benzene rings is 1. The van der Waals surface area contributed by atoms with Crippen molar-refractivity contribution in [2.24, 2.45) is 12.8 Å². The number of hydrogen-bond donors (Lipinski definition) is 1. The highest BCUT2D eigenvalue weighted by Gasteiger charge is 2.20. The second-order valence-electron chi connectivity index (χ2n) is 5.90. The standard InChI is InChI=1S/C15H23N3/c1-15(2,3)11-7-5-8-12-14(11)18(4)13(17-12)9-6-10-16/h5,7-8H,6,9-10,16H2,1-4H3. The number of rotatable bonds is 3. The van der Waals surface area contributed by atoms with E-state index in [0.29, 0.717) is 0 Å². The Labute approximate surface area is 109 Å². The van der Waals surface area contributed by atoms with Crippen LogP contribution in [0.2, 0.25) is 0 Å². The lowest BCUT2D eigenvalue weighted by Crippen LogP contribution is -2.13. The Morgan fingerprint density at radius 1 is 1.28 bits per heavy atom. The molecule has 2 N–H and O–H groups in total. The first-order chi connectivity index (χ1) is 8.45. The normalized spacial score (nSPS) is 12.3. The third kappa shape index (κ3) is 2.27. The molecular formula is C15H23N3. The molecule has 0 radical (unpaired) electrons. The lowest BCUT2D eigenvalue weighted by Gasteiger charge is -2.20. The predicted octanol–water partition coefficient (Wildman–Crippen LogP) is 2.76. The maximum Gasteiger partial charge on any atom is 0.109 e. The largest absolute Gasteiger partial charge is 0.331 e. The minimum Gasteiger partial charge on any atom is -0.331 e. The maximum absolute atomic E-state index is 5.58. The van der Waals surface area contributed by atoms with Gasteiger partial charge in [0, 0.05) is 13.5 Å². The van der Waals surface area contributed by atoms with Crippen LogP contribution in [0.1, 0.15) is 38.6 Å². The van der Waals surface area contributed by atoms with Crippen molar-refractivity contribution in [3.05, 3.63) is 29.6 Å². The second-order valence-corrected chi connectivity index (χ2v) is 5.90. The molecule has 1 aromatic carbocycles. The summed E-state index contributed by atoms with van der Waals surface area (Å²) in [6.45, 7) is 7.45. The smallest absolute Gasteiger partial charge is 0.109 e. The van der Waals surface area contributed by atoms with Gasteiger partial charge in [-0.2, -0.15) is 0 Å². The van der Waals surface area contributed by atoms with Crippen molar-refractivity contribution in [1.82, 2.24) is 9.55 Å². The number of fused-ring (bicyclic) bond motifs is 1. The van der Waals surface area contributed by atoms with Gasteiger partial charge in [0.25, 0.3) is 0 Å². The molecule has 0 saturated heterocycles. The molecule has 1 aromatic heterocycles. The van der Waals surface area contributed by atoms with E-state index in [4.69, 9.17) is 10.7 Å². The fraction of sp³-hybridized carbons (Fsp3) is 0.533. The summed E-state index contributed by atoms with van der Waals surface area (Å²) in [5.74, 6) is 1.13. The highest BCUT2D eigenvalue weighted by atomic mass is 15.1. The summed E-state index contributed by atoms with van der Waals surface area (Å²) in [5.41, 5.74) is 9.43. The molecule has 0 unspecified atom stereocenters. The van der Waals surface area contributed by atoms with Crippen LogP contribution in [0.25, 0.3) is 11.0 Å². The van der Waals surface area contributed by atoms with Gasteiger partial charge in [0.2, 0.25) is 0 Å². The van der Waals surface area contributed by atoms with E-state index in [0.717, 1.165) is 30.7 Å². The minimum absolute atomic E-state index is 0.137. The first kappa shape index (κ1) is 13.1. The molecule has 0 atom stereocenters. The third-order valence-corrected chi connectivity index (χ3v) is 3.40. The van der Waals surface area contributed by atoms with Crippen molar-refractivity contribution in [3.8, 4) is 0 Å². The van der Waals surface area contributed by atoms with Crippen molar-refractivity contribution >= 4 is 11.0 Å². The van der Waals surface area contributed by atoms with Crippen molar-refractivity contribution < 1.29 is 0 Å². The van der Waals surface area contributed by atoms with Crippen LogP contribution in [-0.4, -0.2) is 16.1 Å². The van der Waals surface area contributed by atoms with Crippen LogP contribution in [0.3, 0.4) is 0 Å². The van der Waals surface area contributed by atoms with E-state index in [9.17, 15) is 0 Å². The van der Waals surface area contributed by atoms with Crippen LogP contribution in [-0.2, 0) is 18.9 Å². The van der Waals surface area contributed by atoms with Gasteiger partial charge in [0.05, 0.1) is 11.0 Å². The number of para-hydroxylation sites is 1. The molecule has 18 heavy (non-hydrogen) atoms. The lowest BCUT2D eigenvalue weighted by atomic mass is 9.86. The summed E-state index contributed by atoms with van der Waals surface area (Å²) in [6.07, 6.45) is 1.94. The number of aryl methyl sites for hydroxylation is 2. The Balaban J connectivity index is 2.59. The molecule has 98 valence electrons. The number of aromatic nitrogens is 2. The van der Waals surface area contributed by atoms with Gasteiger partial charge in [-0.3, -0.25) is 0 Å². The number of nitrogens with zero attached hydrogens (tertiary/aromatic N) is 2. The van der Waals surface area contributed by atoms with Gasteiger partial charge < -0.3 is 10.3 Å². The van der Waals surface area contributed by atoms with E-state index < -0.39 is 0 Å². The molecule has 0 amide bonds. The van der Waals surface area contributed by atoms with Gasteiger partial charge in [-0.15, -0.1) is 0 Å². The number of hydrogen-bond acceptors (Lipinski definition) is 2. The average Bonchev–Trinajstić information content (AvgIpc) is 2.62. The van der Waals surface area contributed by atoms with E-state index in [2.05, 4.69) is 50.6 Å². The summed E-state index contributed by atoms with van der Waals surface area (Å²) in [6, 6.07) is 6.40. The van der Waals surface area contributed by atoms with Crippen LogP contribution < -0.4 is 5.73 Å². The zero-order valence-electron chi connectivity index (χ0n) is 11.8. The minimum atomic E-state index is 0.137. The Morgan fingerprint density at radius 2 is 2.00 bits per heavy atom. The van der Waals surface area contributed by atoms with Crippen LogP contribution in [0.5, 0.6) is 0 Å². The van der Waals surface area contributed by atoms with Crippen molar-refractivity contribution in [2.45, 2.75) is 39.0 Å². The topological polar surface area (TPSA) is 43.8 Å². The molecule has 0 spiro atoms. The van der Waals surface area contributed by atoms with E-state index in [-0.39, 0.29) is 5.41 Å². The van der Waals surface area contributed by atoms with Gasteiger partial charge in [0.1, 0.15) is 5.82 Å². The average molecular weight is 245 g/mol. The molecule has 0 saturated carbocycles. The fourth-order valence-electron chi connectivity index (χ4n) is 2.41. The van der Waals surface area contributed by atoms with Crippen LogP contribution >= 0.6 is 0 Å². The molecule has 0 aliphatic rings. The molecule has 3 nitrogen and oxygen atoms in total. The Morgan fingerprint density at radius 3 is 2.61 bits per heavy atom. The molecular weight excluding hydrogens is 222 g/mol. The number of imidazole rings is 1. The van der Waals surface area contributed by atoms with E-state index >= 15 is 0 Å². The molecule has 2 rings (SSSR count). The molecule has 2 aromatic rings. The summed E-state index contributed by atoms with van der Waals surface area (Å²) in [7, 11) is 2.11. The maximum atomic E-state index is 5.58. The van der Waals surface area contributed by atoms with E-state index in [1.165, 1.54) is 11.1 Å². The van der Waals surface area contributed by atoms with E-state index in [1.54, 1.807) is 0 Å². The highest BCUT2D eigenvalue weighted by Crippen LogP contribution is 2.30. The highest BCUT2D eigenvalue weighted by molar-refractivity contribution is 5.80. The first-order valence-corrected chi connectivity index (χ1v) is 6.60. The quantitative estimate of drug-likeness (QED) is 0.903. The predicted molar refractivity (Wildman–Crippen MR) is 76.8 cm³/mol. The van der Waals surface area contributed by atoms with Crippen LogP contribution in [0.4, 0.5) is 0 Å². The van der Waals surface area contributed by atoms with Crippen LogP contribution in [0.15, 0.2) is 18.2 Å². The molecule has 0 fully saturated rings. The number of nitrogens with two attached hydrogens (primary N) is 1. The molecule has 0 bridgehead atoms. The van der Waals surface area contributed by atoms with Crippen molar-refractivity contribution in [3.63, 3.8) is 0 Å². The second kappa shape index (κ2) is 4.73. The van der Waals surface area contributed by atoms with Crippen LogP contribution in [0, 0.1) is 0 Å². The van der Waals surface area contributed by atoms with E-state index in [1.807, 2.05) is 0 Å². The molecule has 0 aliphatic heterocycles. The Kier molecular flexibility index (Phi) is 3.44. The van der Waals surface area contributed by atoms with Gasteiger partial charge in [-0.05, 0) is 30.0 Å². The van der Waals surface area contributed by atoms with Gasteiger partial charge in [-0.1, -0.05) is 32.9 Å². The molecule has 0 aliphatic carbocycles. The van der Waals surface area contributed by atoms with Gasteiger partial charge in [-0.25, -0.2) is 4.98 Å². The first-order valence-electron chi connectivity index (χ1n) is 6.60.